The fourth-order valence-electron chi connectivity index (χ4n) is 11.2. The van der Waals surface area contributed by atoms with Gasteiger partial charge >= 0.3 is 17.9 Å². The van der Waals surface area contributed by atoms with Gasteiger partial charge in [-0.25, -0.2) is 0 Å². The number of esters is 3. The third-order valence-electron chi connectivity index (χ3n) is 16.8. The zero-order valence-corrected chi connectivity index (χ0v) is 56.0. The molecule has 0 saturated heterocycles. The molecule has 0 aliphatic rings. The van der Waals surface area contributed by atoms with Gasteiger partial charge in [-0.1, -0.05) is 358 Å². The second-order valence-electron chi connectivity index (χ2n) is 25.2. The molecule has 0 aromatic heterocycles. The molecule has 0 aromatic rings. The number of hydrogen-bond acceptors (Lipinski definition) is 6. The van der Waals surface area contributed by atoms with Gasteiger partial charge in [0.2, 0.25) is 0 Å². The van der Waals surface area contributed by atoms with Crippen molar-refractivity contribution >= 4 is 17.9 Å². The number of unbranched alkanes of at least 4 members (excludes halogenated alkanes) is 50. The Morgan fingerprint density at radius 3 is 0.735 bits per heavy atom. The summed E-state index contributed by atoms with van der Waals surface area (Å²) in [6, 6.07) is 0. The maximum atomic E-state index is 12.9. The van der Waals surface area contributed by atoms with E-state index in [0.29, 0.717) is 19.3 Å². The lowest BCUT2D eigenvalue weighted by atomic mass is 10.0. The summed E-state index contributed by atoms with van der Waals surface area (Å²) in [6.45, 7) is 6.63. The molecule has 486 valence electrons. The summed E-state index contributed by atoms with van der Waals surface area (Å²) in [6.07, 6.45) is 91.7. The second kappa shape index (κ2) is 71.8. The topological polar surface area (TPSA) is 78.9 Å². The summed E-state index contributed by atoms with van der Waals surface area (Å²) in [5, 5.41) is 0. The van der Waals surface area contributed by atoms with Gasteiger partial charge in [0.05, 0.1) is 0 Å². The van der Waals surface area contributed by atoms with Crippen LogP contribution in [-0.4, -0.2) is 37.2 Å². The Labute approximate surface area is 518 Å². The SMILES string of the molecule is CCC/C=C\CCCCCCCC(=O)OCC(COC(=O)CCCCCCCCCCCCCCCCCCCCCCCCCCCCCCCC)OC(=O)CCCCCCCCCCCC/C=C\C/C=C\C/C=C\CCCCCCC. The van der Waals surface area contributed by atoms with Crippen molar-refractivity contribution in [2.45, 2.75) is 412 Å². The Morgan fingerprint density at radius 1 is 0.241 bits per heavy atom. The van der Waals surface area contributed by atoms with Crippen LogP contribution in [0.4, 0.5) is 0 Å². The zero-order chi connectivity index (χ0) is 59.9. The van der Waals surface area contributed by atoms with Crippen LogP contribution in [0.5, 0.6) is 0 Å². The Kier molecular flexibility index (Phi) is 69.6. The normalized spacial score (nSPS) is 12.3. The smallest absolute Gasteiger partial charge is 0.306 e. The third kappa shape index (κ3) is 70.0. The number of hydrogen-bond donors (Lipinski definition) is 0. The van der Waals surface area contributed by atoms with Gasteiger partial charge in [-0.3, -0.25) is 14.4 Å². The Morgan fingerprint density at radius 2 is 0.458 bits per heavy atom. The maximum Gasteiger partial charge on any atom is 0.306 e. The van der Waals surface area contributed by atoms with Crippen molar-refractivity contribution in [3.63, 3.8) is 0 Å². The highest BCUT2D eigenvalue weighted by Crippen LogP contribution is 2.19. The van der Waals surface area contributed by atoms with E-state index >= 15 is 0 Å². The predicted octanol–water partition coefficient (Wildman–Crippen LogP) is 25.7. The molecule has 0 fully saturated rings. The van der Waals surface area contributed by atoms with Crippen LogP contribution >= 0.6 is 0 Å². The van der Waals surface area contributed by atoms with Crippen LogP contribution < -0.4 is 0 Å². The number of carbonyl (C=O) groups excluding carboxylic acids is 3. The highest BCUT2D eigenvalue weighted by atomic mass is 16.6. The Hall–Kier alpha value is -2.63. The summed E-state index contributed by atoms with van der Waals surface area (Å²) < 4.78 is 17.0. The van der Waals surface area contributed by atoms with E-state index in [0.717, 1.165) is 83.5 Å². The molecule has 6 nitrogen and oxygen atoms in total. The average molecular weight is 1160 g/mol. The largest absolute Gasteiger partial charge is 0.462 e. The highest BCUT2D eigenvalue weighted by molar-refractivity contribution is 5.71. The van der Waals surface area contributed by atoms with Crippen LogP contribution in [0.15, 0.2) is 48.6 Å². The van der Waals surface area contributed by atoms with Crippen molar-refractivity contribution in [2.24, 2.45) is 0 Å². The first-order valence-electron chi connectivity index (χ1n) is 37.1. The lowest BCUT2D eigenvalue weighted by molar-refractivity contribution is -0.167. The van der Waals surface area contributed by atoms with E-state index in [-0.39, 0.29) is 31.1 Å². The van der Waals surface area contributed by atoms with Crippen molar-refractivity contribution in [1.29, 1.82) is 0 Å². The van der Waals surface area contributed by atoms with E-state index in [4.69, 9.17) is 14.2 Å². The van der Waals surface area contributed by atoms with Crippen molar-refractivity contribution in [1.82, 2.24) is 0 Å². The van der Waals surface area contributed by atoms with Crippen LogP contribution in [0, 0.1) is 0 Å². The van der Waals surface area contributed by atoms with Gasteiger partial charge in [0.1, 0.15) is 13.2 Å². The van der Waals surface area contributed by atoms with Gasteiger partial charge < -0.3 is 14.2 Å². The molecule has 0 amide bonds. The standard InChI is InChI=1S/C77H142O6/c1-4-7-10-13-16-19-22-24-26-28-30-32-34-36-37-38-39-40-42-43-45-47-49-51-53-55-58-61-64-67-70-76(79)82-73-74(72-81-75(78)69-66-63-60-57-21-18-15-12-9-6-3)83-77(80)71-68-65-62-59-56-54-52-50-48-46-44-41-35-33-31-29-27-25-23-20-17-14-11-8-5-2/h12,15,23,25,29,31,35,41,74H,4-11,13-14,16-22,24,26-28,30,32-34,36-40,42-73H2,1-3H3/b15-12-,25-23-,31-29-,41-35-. The zero-order valence-electron chi connectivity index (χ0n) is 56.0. The molecule has 0 aromatic carbocycles. The van der Waals surface area contributed by atoms with Crippen LogP contribution in [0.2, 0.25) is 0 Å². The van der Waals surface area contributed by atoms with Crippen molar-refractivity contribution in [2.75, 3.05) is 13.2 Å². The molecule has 1 unspecified atom stereocenters. The summed E-state index contributed by atoms with van der Waals surface area (Å²) in [5.41, 5.74) is 0. The number of carbonyl (C=O) groups is 3. The monoisotopic (exact) mass is 1160 g/mol. The molecular weight excluding hydrogens is 1020 g/mol. The second-order valence-corrected chi connectivity index (χ2v) is 25.2. The molecule has 0 radical (unpaired) electrons. The molecule has 83 heavy (non-hydrogen) atoms. The fraction of sp³-hybridized carbons (Fsp3) is 0.857. The van der Waals surface area contributed by atoms with Crippen molar-refractivity contribution in [3.05, 3.63) is 48.6 Å². The van der Waals surface area contributed by atoms with E-state index < -0.39 is 6.10 Å². The predicted molar refractivity (Wildman–Crippen MR) is 362 cm³/mol. The molecular formula is C77H142O6. The molecule has 0 bridgehead atoms. The first-order valence-corrected chi connectivity index (χ1v) is 37.1. The van der Waals surface area contributed by atoms with Crippen LogP contribution in [0.1, 0.15) is 406 Å². The lowest BCUT2D eigenvalue weighted by Gasteiger charge is -2.18. The lowest BCUT2D eigenvalue weighted by Crippen LogP contribution is -2.30. The van der Waals surface area contributed by atoms with Crippen molar-refractivity contribution < 1.29 is 28.6 Å². The van der Waals surface area contributed by atoms with E-state index in [1.54, 1.807) is 0 Å². The molecule has 0 saturated carbocycles. The van der Waals surface area contributed by atoms with Gasteiger partial charge in [0, 0.05) is 19.3 Å². The summed E-state index contributed by atoms with van der Waals surface area (Å²) >= 11 is 0. The number of rotatable bonds is 69. The van der Waals surface area contributed by atoms with Gasteiger partial charge in [-0.05, 0) is 77.0 Å². The Balaban J connectivity index is 4.11. The van der Waals surface area contributed by atoms with Crippen LogP contribution in [0.3, 0.4) is 0 Å². The minimum atomic E-state index is -0.778. The molecule has 0 N–H and O–H groups in total. The molecule has 0 aliphatic carbocycles. The Bertz CT molecular complexity index is 1430. The highest BCUT2D eigenvalue weighted by Gasteiger charge is 2.19. The maximum absolute atomic E-state index is 12.9. The van der Waals surface area contributed by atoms with Gasteiger partial charge in [0.25, 0.3) is 0 Å². The first-order chi connectivity index (χ1) is 41.0. The van der Waals surface area contributed by atoms with E-state index in [1.807, 2.05) is 0 Å². The van der Waals surface area contributed by atoms with Crippen LogP contribution in [0.25, 0.3) is 0 Å². The quantitative estimate of drug-likeness (QED) is 0.0261. The molecule has 0 heterocycles. The van der Waals surface area contributed by atoms with E-state index in [9.17, 15) is 14.4 Å². The first kappa shape index (κ1) is 80.4. The molecule has 1 atom stereocenters. The van der Waals surface area contributed by atoms with E-state index in [2.05, 4.69) is 69.4 Å². The summed E-state index contributed by atoms with van der Waals surface area (Å²) in [7, 11) is 0. The average Bonchev–Trinajstić information content (AvgIpc) is 3.48. The van der Waals surface area contributed by atoms with Crippen LogP contribution in [-0.2, 0) is 28.6 Å². The van der Waals surface area contributed by atoms with E-state index in [1.165, 1.54) is 283 Å². The summed E-state index contributed by atoms with van der Waals surface area (Å²) in [4.78, 5) is 38.4. The molecule has 0 rings (SSSR count). The minimum Gasteiger partial charge on any atom is -0.462 e. The molecule has 0 aliphatic heterocycles. The molecule has 6 heteroatoms. The third-order valence-corrected chi connectivity index (χ3v) is 16.8. The fourth-order valence-corrected chi connectivity index (χ4v) is 11.2. The number of allylic oxidation sites excluding steroid dienone is 8. The minimum absolute atomic E-state index is 0.0733. The molecule has 0 spiro atoms. The van der Waals surface area contributed by atoms with Gasteiger partial charge in [0.15, 0.2) is 6.10 Å². The summed E-state index contributed by atoms with van der Waals surface area (Å²) in [5.74, 6) is -0.864. The number of ether oxygens (including phenoxy) is 3. The van der Waals surface area contributed by atoms with Gasteiger partial charge in [-0.2, -0.15) is 0 Å². The van der Waals surface area contributed by atoms with Crippen molar-refractivity contribution in [3.8, 4) is 0 Å². The van der Waals surface area contributed by atoms with Gasteiger partial charge in [-0.15, -0.1) is 0 Å².